The van der Waals surface area contributed by atoms with Gasteiger partial charge in [-0.05, 0) is 23.3 Å². The highest BCUT2D eigenvalue weighted by atomic mass is 19.1. The van der Waals surface area contributed by atoms with Gasteiger partial charge in [0, 0.05) is 20.1 Å². The number of carbonyl (C=O) groups excluding carboxylic acids is 1. The topological polar surface area (TPSA) is 58.4 Å². The van der Waals surface area contributed by atoms with Crippen LogP contribution in [0.15, 0.2) is 48.5 Å². The van der Waals surface area contributed by atoms with Crippen LogP contribution in [0.25, 0.3) is 0 Å². The van der Waals surface area contributed by atoms with Gasteiger partial charge in [0.25, 0.3) is 0 Å². The maximum atomic E-state index is 13.5. The molecule has 21 heavy (non-hydrogen) atoms. The molecule has 0 aliphatic heterocycles. The number of urea groups is 1. The Kier molecular flexibility index (Phi) is 4.90. The van der Waals surface area contributed by atoms with Crippen LogP contribution in [0.2, 0.25) is 0 Å². The second-order valence-corrected chi connectivity index (χ2v) is 4.79. The lowest BCUT2D eigenvalue weighted by molar-refractivity contribution is 0.220. The van der Waals surface area contributed by atoms with E-state index in [1.165, 1.54) is 17.0 Å². The lowest BCUT2D eigenvalue weighted by Gasteiger charge is -2.18. The number of amides is 2. The highest BCUT2D eigenvalue weighted by Gasteiger charge is 2.11. The van der Waals surface area contributed by atoms with Crippen molar-refractivity contribution in [3.8, 4) is 0 Å². The Bertz CT molecular complexity index is 613. The van der Waals surface area contributed by atoms with Crippen LogP contribution in [-0.4, -0.2) is 18.0 Å². The Balaban J connectivity index is 1.97. The summed E-state index contributed by atoms with van der Waals surface area (Å²) in [5.74, 6) is -0.452. The lowest BCUT2D eigenvalue weighted by atomic mass is 10.1. The summed E-state index contributed by atoms with van der Waals surface area (Å²) in [6.45, 7) is 0.926. The van der Waals surface area contributed by atoms with Gasteiger partial charge >= 0.3 is 6.03 Å². The number of anilines is 1. The molecule has 110 valence electrons. The molecule has 2 aromatic rings. The zero-order valence-electron chi connectivity index (χ0n) is 11.8. The fourth-order valence-corrected chi connectivity index (χ4v) is 1.90. The summed E-state index contributed by atoms with van der Waals surface area (Å²) in [6.07, 6.45) is 0. The molecule has 0 aliphatic rings. The number of rotatable bonds is 4. The van der Waals surface area contributed by atoms with Crippen molar-refractivity contribution in [2.75, 3.05) is 12.4 Å². The number of para-hydroxylation sites is 1. The normalized spacial score (nSPS) is 10.2. The third-order valence-electron chi connectivity index (χ3n) is 3.14. The molecule has 4 nitrogen and oxygen atoms in total. The van der Waals surface area contributed by atoms with Gasteiger partial charge in [-0.3, -0.25) is 0 Å². The number of benzene rings is 2. The van der Waals surface area contributed by atoms with Gasteiger partial charge in [-0.25, -0.2) is 9.18 Å². The minimum Gasteiger partial charge on any atom is -0.326 e. The van der Waals surface area contributed by atoms with E-state index in [2.05, 4.69) is 5.32 Å². The van der Waals surface area contributed by atoms with Crippen LogP contribution in [0.3, 0.4) is 0 Å². The van der Waals surface area contributed by atoms with Crippen LogP contribution in [0.5, 0.6) is 0 Å². The van der Waals surface area contributed by atoms with Gasteiger partial charge in [0.1, 0.15) is 5.82 Å². The van der Waals surface area contributed by atoms with E-state index in [4.69, 9.17) is 5.73 Å². The molecule has 0 radical (unpaired) electrons. The summed E-state index contributed by atoms with van der Waals surface area (Å²) in [5.41, 5.74) is 7.74. The second kappa shape index (κ2) is 6.85. The molecule has 0 fully saturated rings. The van der Waals surface area contributed by atoms with Crippen molar-refractivity contribution in [1.82, 2.24) is 4.90 Å². The summed E-state index contributed by atoms with van der Waals surface area (Å²) in [4.78, 5) is 13.5. The van der Waals surface area contributed by atoms with E-state index in [0.717, 1.165) is 11.1 Å². The zero-order chi connectivity index (χ0) is 15.2. The van der Waals surface area contributed by atoms with E-state index in [1.54, 1.807) is 19.2 Å². The molecule has 0 saturated carbocycles. The third-order valence-corrected chi connectivity index (χ3v) is 3.14. The molecule has 0 saturated heterocycles. The summed E-state index contributed by atoms with van der Waals surface area (Å²) in [7, 11) is 1.66. The van der Waals surface area contributed by atoms with Crippen molar-refractivity contribution < 1.29 is 9.18 Å². The average Bonchev–Trinajstić information content (AvgIpc) is 2.50. The molecule has 0 aromatic heterocycles. The van der Waals surface area contributed by atoms with Crippen LogP contribution in [0, 0.1) is 5.82 Å². The van der Waals surface area contributed by atoms with Crippen molar-refractivity contribution in [3.63, 3.8) is 0 Å². The van der Waals surface area contributed by atoms with Crippen LogP contribution in [0.4, 0.5) is 14.9 Å². The largest absolute Gasteiger partial charge is 0.326 e. The smallest absolute Gasteiger partial charge is 0.321 e. The molecule has 0 atom stereocenters. The molecule has 0 spiro atoms. The predicted octanol–water partition coefficient (Wildman–Crippen LogP) is 2.95. The van der Waals surface area contributed by atoms with Gasteiger partial charge in [-0.15, -0.1) is 0 Å². The minimum absolute atomic E-state index is 0.174. The molecule has 0 aliphatic carbocycles. The molecule has 0 bridgehead atoms. The first-order valence-corrected chi connectivity index (χ1v) is 6.64. The van der Waals surface area contributed by atoms with Gasteiger partial charge in [0.2, 0.25) is 0 Å². The molecule has 0 unspecified atom stereocenters. The lowest BCUT2D eigenvalue weighted by Crippen LogP contribution is -2.31. The number of nitrogens with two attached hydrogens (primary N) is 1. The number of nitrogens with one attached hydrogen (secondary N) is 1. The molecule has 0 heterocycles. The van der Waals surface area contributed by atoms with Crippen molar-refractivity contribution in [2.45, 2.75) is 13.1 Å². The van der Waals surface area contributed by atoms with Crippen LogP contribution >= 0.6 is 0 Å². The van der Waals surface area contributed by atoms with Crippen LogP contribution in [0.1, 0.15) is 11.1 Å². The Hall–Kier alpha value is -2.40. The number of halogens is 1. The van der Waals surface area contributed by atoms with E-state index >= 15 is 0 Å². The number of hydrogen-bond donors (Lipinski definition) is 2. The van der Waals surface area contributed by atoms with Crippen molar-refractivity contribution in [1.29, 1.82) is 0 Å². The van der Waals surface area contributed by atoms with Gasteiger partial charge < -0.3 is 16.0 Å². The maximum absolute atomic E-state index is 13.5. The van der Waals surface area contributed by atoms with Gasteiger partial charge in [0.05, 0.1) is 5.69 Å². The van der Waals surface area contributed by atoms with Crippen molar-refractivity contribution in [2.24, 2.45) is 5.73 Å². The Labute approximate surface area is 123 Å². The highest BCUT2D eigenvalue weighted by Crippen LogP contribution is 2.13. The quantitative estimate of drug-likeness (QED) is 0.908. The van der Waals surface area contributed by atoms with Crippen molar-refractivity contribution >= 4 is 11.7 Å². The third kappa shape index (κ3) is 4.03. The van der Waals surface area contributed by atoms with Crippen LogP contribution < -0.4 is 11.1 Å². The summed E-state index contributed by atoms with van der Waals surface area (Å²) < 4.78 is 13.5. The summed E-state index contributed by atoms with van der Waals surface area (Å²) in [6, 6.07) is 13.4. The van der Waals surface area contributed by atoms with E-state index in [-0.39, 0.29) is 11.7 Å². The highest BCUT2D eigenvalue weighted by molar-refractivity contribution is 5.89. The number of hydrogen-bond acceptors (Lipinski definition) is 2. The Morgan fingerprint density at radius 3 is 2.38 bits per heavy atom. The van der Waals surface area contributed by atoms with E-state index < -0.39 is 5.82 Å². The predicted molar refractivity (Wildman–Crippen MR) is 81.2 cm³/mol. The molecule has 2 rings (SSSR count). The minimum atomic E-state index is -0.452. The average molecular weight is 287 g/mol. The fraction of sp³-hybridized carbons (Fsp3) is 0.188. The Morgan fingerprint density at radius 2 is 1.76 bits per heavy atom. The SMILES string of the molecule is CN(Cc1ccc(CN)cc1)C(=O)Nc1ccccc1F. The van der Waals surface area contributed by atoms with E-state index in [9.17, 15) is 9.18 Å². The Morgan fingerprint density at radius 1 is 1.14 bits per heavy atom. The van der Waals surface area contributed by atoms with Gasteiger partial charge in [-0.1, -0.05) is 36.4 Å². The number of carbonyl (C=O) groups is 1. The van der Waals surface area contributed by atoms with Crippen LogP contribution in [-0.2, 0) is 13.1 Å². The molecular weight excluding hydrogens is 269 g/mol. The monoisotopic (exact) mass is 287 g/mol. The van der Waals surface area contributed by atoms with Crippen molar-refractivity contribution in [3.05, 3.63) is 65.5 Å². The summed E-state index contributed by atoms with van der Waals surface area (Å²) in [5, 5.41) is 2.54. The first kappa shape index (κ1) is 15.0. The molecular formula is C16H18FN3O. The van der Waals surface area contributed by atoms with E-state index in [0.29, 0.717) is 13.1 Å². The molecule has 2 amide bonds. The molecule has 3 N–H and O–H groups in total. The molecule has 2 aromatic carbocycles. The first-order valence-electron chi connectivity index (χ1n) is 6.64. The standard InChI is InChI=1S/C16H18FN3O/c1-20(11-13-8-6-12(10-18)7-9-13)16(21)19-15-5-3-2-4-14(15)17/h2-9H,10-11,18H2,1H3,(H,19,21). The fourth-order valence-electron chi connectivity index (χ4n) is 1.90. The van der Waals surface area contributed by atoms with Gasteiger partial charge in [-0.2, -0.15) is 0 Å². The van der Waals surface area contributed by atoms with Gasteiger partial charge in [0.15, 0.2) is 0 Å². The summed E-state index contributed by atoms with van der Waals surface area (Å²) >= 11 is 0. The second-order valence-electron chi connectivity index (χ2n) is 4.79. The van der Waals surface area contributed by atoms with E-state index in [1.807, 2.05) is 24.3 Å². The maximum Gasteiger partial charge on any atom is 0.321 e. The zero-order valence-corrected chi connectivity index (χ0v) is 11.8. The molecule has 5 heteroatoms. The first-order chi connectivity index (χ1) is 10.1. The number of nitrogens with zero attached hydrogens (tertiary/aromatic N) is 1.